The quantitative estimate of drug-likeness (QED) is 0.526. The molecule has 0 N–H and O–H groups in total. The second kappa shape index (κ2) is 8.22. The fourth-order valence-electron chi connectivity index (χ4n) is 3.81. The summed E-state index contributed by atoms with van der Waals surface area (Å²) < 4.78 is 10.5. The monoisotopic (exact) mass is 421 g/mol. The molecule has 4 rings (SSSR count). The number of rotatable bonds is 6. The summed E-state index contributed by atoms with van der Waals surface area (Å²) in [5, 5.41) is 5.80. The maximum absolute atomic E-state index is 13.4. The molecule has 2 heterocycles. The third-order valence-electron chi connectivity index (χ3n) is 5.24. The summed E-state index contributed by atoms with van der Waals surface area (Å²) in [6.45, 7) is 6.15. The Morgan fingerprint density at radius 3 is 2.19 bits per heavy atom. The number of aryl methyl sites for hydroxylation is 1. The van der Waals surface area contributed by atoms with Gasteiger partial charge in [0.1, 0.15) is 17.7 Å². The molecule has 2 amide bonds. The first-order valence-electron chi connectivity index (χ1n) is 10.2. The normalized spacial score (nSPS) is 20.0. The minimum atomic E-state index is -1.03. The standard InChI is InChI=1S/C23H23N3O5/c1-4-30-17-12-10-15(11-13-17)25-21(27)18-19(23(29)31-5-2)24-26(20(18)22(25)28)16-8-6-14(3)7-9-16/h6-13,18,20H,4-5H2,1-3H3/t18-,20-/m0/s1. The van der Waals surface area contributed by atoms with Gasteiger partial charge in [0, 0.05) is 0 Å². The van der Waals surface area contributed by atoms with Gasteiger partial charge in [-0.3, -0.25) is 14.6 Å². The Labute approximate surface area is 180 Å². The summed E-state index contributed by atoms with van der Waals surface area (Å²) in [4.78, 5) is 40.4. The Balaban J connectivity index is 1.73. The van der Waals surface area contributed by atoms with E-state index in [-0.39, 0.29) is 12.3 Å². The van der Waals surface area contributed by atoms with E-state index in [1.54, 1.807) is 43.3 Å². The molecular formula is C23H23N3O5. The fraction of sp³-hybridized carbons (Fsp3) is 0.304. The van der Waals surface area contributed by atoms with Gasteiger partial charge >= 0.3 is 5.97 Å². The number of esters is 1. The van der Waals surface area contributed by atoms with Crippen molar-refractivity contribution in [1.82, 2.24) is 0 Å². The molecule has 2 aliphatic rings. The lowest BCUT2D eigenvalue weighted by molar-refractivity contribution is -0.136. The highest BCUT2D eigenvalue weighted by molar-refractivity contribution is 6.47. The van der Waals surface area contributed by atoms with Crippen LogP contribution in [-0.4, -0.2) is 42.8 Å². The maximum Gasteiger partial charge on any atom is 0.355 e. The van der Waals surface area contributed by atoms with Crippen molar-refractivity contribution in [2.24, 2.45) is 11.0 Å². The van der Waals surface area contributed by atoms with Gasteiger partial charge in [0.05, 0.1) is 24.6 Å². The van der Waals surface area contributed by atoms with Crippen LogP contribution in [0, 0.1) is 12.8 Å². The van der Waals surface area contributed by atoms with Crippen molar-refractivity contribution in [2.45, 2.75) is 26.8 Å². The van der Waals surface area contributed by atoms with Crippen LogP contribution < -0.4 is 14.6 Å². The number of imide groups is 1. The molecule has 160 valence electrons. The summed E-state index contributed by atoms with van der Waals surface area (Å²) in [6.07, 6.45) is 0. The minimum Gasteiger partial charge on any atom is -0.494 e. The summed E-state index contributed by atoms with van der Waals surface area (Å²) in [7, 11) is 0. The van der Waals surface area contributed by atoms with Crippen LogP contribution in [0.25, 0.3) is 0 Å². The van der Waals surface area contributed by atoms with Crippen molar-refractivity contribution in [1.29, 1.82) is 0 Å². The zero-order chi connectivity index (χ0) is 22.1. The molecule has 2 aromatic rings. The number of hydrogen-bond acceptors (Lipinski definition) is 7. The second-order valence-electron chi connectivity index (χ2n) is 7.25. The molecule has 2 aromatic carbocycles. The van der Waals surface area contributed by atoms with Crippen molar-refractivity contribution in [3.8, 4) is 5.75 Å². The molecule has 1 fully saturated rings. The van der Waals surface area contributed by atoms with Crippen LogP contribution in [0.3, 0.4) is 0 Å². The number of fused-ring (bicyclic) bond motifs is 1. The van der Waals surface area contributed by atoms with E-state index >= 15 is 0 Å². The number of anilines is 2. The Morgan fingerprint density at radius 2 is 1.58 bits per heavy atom. The molecule has 0 spiro atoms. The minimum absolute atomic E-state index is 0.0563. The van der Waals surface area contributed by atoms with Crippen molar-refractivity contribution < 1.29 is 23.9 Å². The first kappa shape index (κ1) is 20.6. The number of ether oxygens (including phenoxy) is 2. The number of hydrazone groups is 1. The largest absolute Gasteiger partial charge is 0.494 e. The van der Waals surface area contributed by atoms with Crippen molar-refractivity contribution in [3.05, 3.63) is 54.1 Å². The lowest BCUT2D eigenvalue weighted by Crippen LogP contribution is -2.39. The van der Waals surface area contributed by atoms with E-state index in [2.05, 4.69) is 5.10 Å². The molecule has 8 heteroatoms. The molecular weight excluding hydrogens is 398 g/mol. The van der Waals surface area contributed by atoms with Gasteiger partial charge in [-0.1, -0.05) is 17.7 Å². The summed E-state index contributed by atoms with van der Waals surface area (Å²) in [5.74, 6) is -2.02. The highest BCUT2D eigenvalue weighted by Crippen LogP contribution is 2.38. The number of carbonyl (C=O) groups is 3. The molecule has 0 unspecified atom stereocenters. The topological polar surface area (TPSA) is 88.5 Å². The molecule has 8 nitrogen and oxygen atoms in total. The van der Waals surface area contributed by atoms with Gasteiger partial charge in [-0.05, 0) is 57.2 Å². The molecule has 1 saturated heterocycles. The van der Waals surface area contributed by atoms with Crippen LogP contribution in [-0.2, 0) is 19.1 Å². The third-order valence-corrected chi connectivity index (χ3v) is 5.24. The molecule has 0 saturated carbocycles. The molecule has 31 heavy (non-hydrogen) atoms. The van der Waals surface area contributed by atoms with Gasteiger partial charge in [-0.2, -0.15) is 5.10 Å². The van der Waals surface area contributed by atoms with E-state index < -0.39 is 29.7 Å². The van der Waals surface area contributed by atoms with E-state index in [1.165, 1.54) is 5.01 Å². The smallest absolute Gasteiger partial charge is 0.355 e. The molecule has 0 radical (unpaired) electrons. The van der Waals surface area contributed by atoms with E-state index in [9.17, 15) is 14.4 Å². The average Bonchev–Trinajstić information content (AvgIpc) is 3.27. The lowest BCUT2D eigenvalue weighted by Gasteiger charge is -2.22. The molecule has 2 aliphatic heterocycles. The van der Waals surface area contributed by atoms with Crippen LogP contribution in [0.15, 0.2) is 53.6 Å². The van der Waals surface area contributed by atoms with Gasteiger partial charge < -0.3 is 9.47 Å². The molecule has 0 aromatic heterocycles. The second-order valence-corrected chi connectivity index (χ2v) is 7.25. The highest BCUT2D eigenvalue weighted by atomic mass is 16.5. The van der Waals surface area contributed by atoms with Crippen LogP contribution in [0.2, 0.25) is 0 Å². The zero-order valence-electron chi connectivity index (χ0n) is 17.6. The number of carbonyl (C=O) groups excluding carboxylic acids is 3. The Kier molecular flexibility index (Phi) is 5.46. The van der Waals surface area contributed by atoms with Crippen molar-refractivity contribution >= 4 is 34.9 Å². The van der Waals surface area contributed by atoms with Crippen molar-refractivity contribution in [2.75, 3.05) is 23.1 Å². The van der Waals surface area contributed by atoms with Gasteiger partial charge in [0.15, 0.2) is 5.71 Å². The summed E-state index contributed by atoms with van der Waals surface area (Å²) >= 11 is 0. The van der Waals surface area contributed by atoms with E-state index in [0.717, 1.165) is 10.5 Å². The van der Waals surface area contributed by atoms with Crippen LogP contribution in [0.1, 0.15) is 19.4 Å². The molecule has 0 aliphatic carbocycles. The van der Waals surface area contributed by atoms with Gasteiger partial charge in [0.25, 0.3) is 5.91 Å². The summed E-state index contributed by atoms with van der Waals surface area (Å²) in [6, 6.07) is 13.1. The average molecular weight is 421 g/mol. The fourth-order valence-corrected chi connectivity index (χ4v) is 3.81. The first-order valence-corrected chi connectivity index (χ1v) is 10.2. The first-order chi connectivity index (χ1) is 15.0. The number of hydrogen-bond donors (Lipinski definition) is 0. The molecule has 2 atom stereocenters. The third kappa shape index (κ3) is 3.54. The van der Waals surface area contributed by atoms with E-state index in [4.69, 9.17) is 9.47 Å². The highest BCUT2D eigenvalue weighted by Gasteiger charge is 2.59. The van der Waals surface area contributed by atoms with Gasteiger partial charge in [-0.25, -0.2) is 9.69 Å². The summed E-state index contributed by atoms with van der Waals surface area (Å²) in [5.41, 5.74) is 2.02. The number of nitrogens with zero attached hydrogens (tertiary/aromatic N) is 3. The predicted octanol–water partition coefficient (Wildman–Crippen LogP) is 2.69. The maximum atomic E-state index is 13.4. The van der Waals surface area contributed by atoms with Crippen LogP contribution >= 0.6 is 0 Å². The Morgan fingerprint density at radius 1 is 0.935 bits per heavy atom. The predicted molar refractivity (Wildman–Crippen MR) is 115 cm³/mol. The Bertz CT molecular complexity index is 1050. The van der Waals surface area contributed by atoms with E-state index in [1.807, 2.05) is 26.0 Å². The SMILES string of the molecule is CCOC(=O)C1=NN(c2ccc(C)cc2)[C@@H]2C(=O)N(c3ccc(OCC)cc3)C(=O)[C@@H]12. The number of amides is 2. The van der Waals surface area contributed by atoms with E-state index in [0.29, 0.717) is 23.7 Å². The van der Waals surface area contributed by atoms with Crippen molar-refractivity contribution in [3.63, 3.8) is 0 Å². The van der Waals surface area contributed by atoms with Crippen LogP contribution in [0.5, 0.6) is 5.75 Å². The van der Waals surface area contributed by atoms with Gasteiger partial charge in [0.2, 0.25) is 5.91 Å². The Hall–Kier alpha value is -3.68. The lowest BCUT2D eigenvalue weighted by atomic mass is 9.97. The molecule has 0 bridgehead atoms. The number of benzene rings is 2. The zero-order valence-corrected chi connectivity index (χ0v) is 17.6. The van der Waals surface area contributed by atoms with Crippen LogP contribution in [0.4, 0.5) is 11.4 Å². The van der Waals surface area contributed by atoms with Gasteiger partial charge in [-0.15, -0.1) is 0 Å².